The molecular formula is C16H15ClN2O. The molecule has 3 rings (SSSR count). The summed E-state index contributed by atoms with van der Waals surface area (Å²) >= 11 is 5.92. The van der Waals surface area contributed by atoms with Gasteiger partial charge in [0.05, 0.1) is 5.92 Å². The number of amides is 1. The number of carbonyl (C=O) groups is 1. The van der Waals surface area contributed by atoms with Gasteiger partial charge in [0.25, 0.3) is 0 Å². The van der Waals surface area contributed by atoms with Crippen molar-refractivity contribution in [3.63, 3.8) is 0 Å². The first-order valence-electron chi connectivity index (χ1n) is 6.60. The van der Waals surface area contributed by atoms with Crippen molar-refractivity contribution in [2.24, 2.45) is 5.92 Å². The number of fused-ring (bicyclic) bond motifs is 1. The van der Waals surface area contributed by atoms with Crippen molar-refractivity contribution in [2.75, 3.05) is 17.2 Å². The molecule has 0 radical (unpaired) electrons. The fraction of sp³-hybridized carbons (Fsp3) is 0.188. The van der Waals surface area contributed by atoms with Gasteiger partial charge in [-0.05, 0) is 36.2 Å². The molecule has 1 unspecified atom stereocenters. The van der Waals surface area contributed by atoms with Crippen LogP contribution < -0.4 is 10.6 Å². The molecule has 0 aliphatic carbocycles. The average Bonchev–Trinajstić information content (AvgIpc) is 2.47. The van der Waals surface area contributed by atoms with Gasteiger partial charge in [0.1, 0.15) is 0 Å². The third-order valence-corrected chi connectivity index (χ3v) is 3.72. The Morgan fingerprint density at radius 2 is 2.05 bits per heavy atom. The maximum atomic E-state index is 12.3. The molecular weight excluding hydrogens is 272 g/mol. The van der Waals surface area contributed by atoms with Gasteiger partial charge in [-0.2, -0.15) is 0 Å². The van der Waals surface area contributed by atoms with Crippen LogP contribution in [0.4, 0.5) is 11.4 Å². The monoisotopic (exact) mass is 286 g/mol. The summed E-state index contributed by atoms with van der Waals surface area (Å²) in [4.78, 5) is 12.3. The van der Waals surface area contributed by atoms with Crippen molar-refractivity contribution in [3.05, 3.63) is 59.1 Å². The normalized spacial score (nSPS) is 16.9. The average molecular weight is 287 g/mol. The molecule has 0 fully saturated rings. The molecule has 2 aromatic rings. The highest BCUT2D eigenvalue weighted by Crippen LogP contribution is 2.25. The van der Waals surface area contributed by atoms with Crippen LogP contribution in [-0.4, -0.2) is 12.5 Å². The minimum Gasteiger partial charge on any atom is -0.384 e. The summed E-state index contributed by atoms with van der Waals surface area (Å²) in [6.45, 7) is 0.656. The van der Waals surface area contributed by atoms with Crippen LogP contribution in [0.5, 0.6) is 0 Å². The maximum Gasteiger partial charge on any atom is 0.229 e. The van der Waals surface area contributed by atoms with E-state index in [4.69, 9.17) is 11.6 Å². The van der Waals surface area contributed by atoms with Crippen LogP contribution in [0, 0.1) is 5.92 Å². The third-order valence-electron chi connectivity index (χ3n) is 3.49. The molecule has 4 heteroatoms. The molecule has 2 N–H and O–H groups in total. The van der Waals surface area contributed by atoms with E-state index in [9.17, 15) is 4.79 Å². The predicted molar refractivity (Wildman–Crippen MR) is 82.2 cm³/mol. The molecule has 1 heterocycles. The molecule has 1 amide bonds. The molecule has 2 aromatic carbocycles. The largest absolute Gasteiger partial charge is 0.384 e. The number of rotatable bonds is 2. The molecule has 0 aromatic heterocycles. The fourth-order valence-corrected chi connectivity index (χ4v) is 2.63. The number of carbonyl (C=O) groups excluding carboxylic acids is 1. The van der Waals surface area contributed by atoms with Crippen LogP contribution in [0.3, 0.4) is 0 Å². The Labute approximate surface area is 123 Å². The Morgan fingerprint density at radius 1 is 1.20 bits per heavy atom. The molecule has 0 spiro atoms. The van der Waals surface area contributed by atoms with E-state index in [1.165, 1.54) is 5.56 Å². The highest BCUT2D eigenvalue weighted by atomic mass is 35.5. The highest BCUT2D eigenvalue weighted by molar-refractivity contribution is 6.30. The summed E-state index contributed by atoms with van der Waals surface area (Å²) in [5.41, 5.74) is 3.05. The van der Waals surface area contributed by atoms with Crippen molar-refractivity contribution in [1.82, 2.24) is 0 Å². The van der Waals surface area contributed by atoms with Crippen molar-refractivity contribution in [3.8, 4) is 0 Å². The summed E-state index contributed by atoms with van der Waals surface area (Å²) in [5.74, 6) is -0.0434. The summed E-state index contributed by atoms with van der Waals surface area (Å²) in [7, 11) is 0. The van der Waals surface area contributed by atoms with Gasteiger partial charge in [0.15, 0.2) is 0 Å². The van der Waals surface area contributed by atoms with E-state index >= 15 is 0 Å². The fourth-order valence-electron chi connectivity index (χ4n) is 2.44. The van der Waals surface area contributed by atoms with Crippen LogP contribution in [0.25, 0.3) is 0 Å². The second-order valence-corrected chi connectivity index (χ2v) is 5.38. The van der Waals surface area contributed by atoms with Crippen molar-refractivity contribution in [2.45, 2.75) is 6.42 Å². The first-order valence-corrected chi connectivity index (χ1v) is 6.98. The van der Waals surface area contributed by atoms with Crippen molar-refractivity contribution in [1.29, 1.82) is 0 Å². The van der Waals surface area contributed by atoms with Crippen LogP contribution in [0.15, 0.2) is 48.5 Å². The number of benzene rings is 2. The molecule has 1 atom stereocenters. The van der Waals surface area contributed by atoms with E-state index in [-0.39, 0.29) is 11.8 Å². The number of anilines is 2. The second-order valence-electron chi connectivity index (χ2n) is 4.94. The van der Waals surface area contributed by atoms with Gasteiger partial charge in [0.2, 0.25) is 5.91 Å². The number of nitrogens with one attached hydrogen (secondary N) is 2. The first-order chi connectivity index (χ1) is 9.72. The van der Waals surface area contributed by atoms with Gasteiger partial charge >= 0.3 is 0 Å². The Balaban J connectivity index is 1.70. The van der Waals surface area contributed by atoms with Crippen molar-refractivity contribution >= 4 is 28.9 Å². The van der Waals surface area contributed by atoms with Gasteiger partial charge in [-0.1, -0.05) is 35.9 Å². The quantitative estimate of drug-likeness (QED) is 0.886. The van der Waals surface area contributed by atoms with Gasteiger partial charge < -0.3 is 10.6 Å². The van der Waals surface area contributed by atoms with Crippen LogP contribution in [0.2, 0.25) is 5.02 Å². The standard InChI is InChI=1S/C16H15ClN2O/c17-13-5-3-6-14(9-13)19-16(20)12-8-11-4-1-2-7-15(11)18-10-12/h1-7,9,12,18H,8,10H2,(H,19,20). The van der Waals surface area contributed by atoms with Gasteiger partial charge in [-0.3, -0.25) is 4.79 Å². The SMILES string of the molecule is O=C(Nc1cccc(Cl)c1)C1CNc2ccccc2C1. The summed E-state index contributed by atoms with van der Waals surface area (Å²) < 4.78 is 0. The van der Waals surface area contributed by atoms with E-state index in [2.05, 4.69) is 16.7 Å². The van der Waals surface area contributed by atoms with E-state index in [1.807, 2.05) is 30.3 Å². The van der Waals surface area contributed by atoms with Gasteiger partial charge in [-0.15, -0.1) is 0 Å². The minimum absolute atomic E-state index is 0.0225. The Hall–Kier alpha value is -2.00. The molecule has 3 nitrogen and oxygen atoms in total. The Kier molecular flexibility index (Phi) is 3.61. The third kappa shape index (κ3) is 2.78. The number of para-hydroxylation sites is 1. The molecule has 20 heavy (non-hydrogen) atoms. The van der Waals surface area contributed by atoms with Gasteiger partial charge in [0, 0.05) is 22.9 Å². The first kappa shape index (κ1) is 13.0. The maximum absolute atomic E-state index is 12.3. The lowest BCUT2D eigenvalue weighted by Crippen LogP contribution is -2.33. The summed E-state index contributed by atoms with van der Waals surface area (Å²) in [5, 5.41) is 6.84. The highest BCUT2D eigenvalue weighted by Gasteiger charge is 2.24. The van der Waals surface area contributed by atoms with E-state index in [0.717, 1.165) is 17.8 Å². The number of hydrogen-bond acceptors (Lipinski definition) is 2. The zero-order chi connectivity index (χ0) is 13.9. The van der Waals surface area contributed by atoms with Crippen molar-refractivity contribution < 1.29 is 4.79 Å². The molecule has 102 valence electrons. The summed E-state index contributed by atoms with van der Waals surface area (Å²) in [6.07, 6.45) is 0.759. The van der Waals surface area contributed by atoms with Crippen LogP contribution in [-0.2, 0) is 11.2 Å². The van der Waals surface area contributed by atoms with Crippen LogP contribution >= 0.6 is 11.6 Å². The van der Waals surface area contributed by atoms with E-state index in [0.29, 0.717) is 11.6 Å². The van der Waals surface area contributed by atoms with Gasteiger partial charge in [-0.25, -0.2) is 0 Å². The lowest BCUT2D eigenvalue weighted by Gasteiger charge is -2.25. The lowest BCUT2D eigenvalue weighted by molar-refractivity contribution is -0.119. The number of hydrogen-bond donors (Lipinski definition) is 2. The van der Waals surface area contributed by atoms with Crippen LogP contribution in [0.1, 0.15) is 5.56 Å². The molecule has 0 saturated carbocycles. The predicted octanol–water partition coefficient (Wildman–Crippen LogP) is 3.56. The van der Waals surface area contributed by atoms with E-state index in [1.54, 1.807) is 12.1 Å². The molecule has 0 saturated heterocycles. The Bertz CT molecular complexity index is 642. The molecule has 0 bridgehead atoms. The Morgan fingerprint density at radius 3 is 2.90 bits per heavy atom. The number of halogens is 1. The smallest absolute Gasteiger partial charge is 0.229 e. The zero-order valence-corrected chi connectivity index (χ0v) is 11.7. The van der Waals surface area contributed by atoms with E-state index < -0.39 is 0 Å². The molecule has 1 aliphatic rings. The summed E-state index contributed by atoms with van der Waals surface area (Å²) in [6, 6.07) is 15.3. The second kappa shape index (κ2) is 5.55. The zero-order valence-electron chi connectivity index (χ0n) is 10.9. The molecule has 1 aliphatic heterocycles. The lowest BCUT2D eigenvalue weighted by atomic mass is 9.93. The topological polar surface area (TPSA) is 41.1 Å². The minimum atomic E-state index is -0.0659.